The first kappa shape index (κ1) is 14.1. The fourth-order valence-corrected chi connectivity index (χ4v) is 2.97. The largest absolute Gasteiger partial charge is 0.341 e. The highest BCUT2D eigenvalue weighted by Crippen LogP contribution is 2.17. The molecule has 5 heteroatoms. The van der Waals surface area contributed by atoms with Gasteiger partial charge in [-0.1, -0.05) is 18.2 Å². The first-order valence-corrected chi connectivity index (χ1v) is 7.59. The molecule has 112 valence electrons. The van der Waals surface area contributed by atoms with Crippen LogP contribution in [0.25, 0.3) is 10.9 Å². The Kier molecular flexibility index (Phi) is 3.92. The minimum atomic E-state index is -0.163. The SMILES string of the molecule is CC(NCc1nn(C)c2ccccc12)C(=O)N1CCCC1. The lowest BCUT2D eigenvalue weighted by molar-refractivity contribution is -0.131. The van der Waals surface area contributed by atoms with Gasteiger partial charge in [-0.2, -0.15) is 5.10 Å². The third-order valence-corrected chi connectivity index (χ3v) is 4.20. The van der Waals surface area contributed by atoms with Crippen molar-refractivity contribution < 1.29 is 4.79 Å². The number of nitrogens with one attached hydrogen (secondary N) is 1. The Bertz CT molecular complexity index is 643. The van der Waals surface area contributed by atoms with E-state index in [0.29, 0.717) is 6.54 Å². The maximum Gasteiger partial charge on any atom is 0.239 e. The lowest BCUT2D eigenvalue weighted by Crippen LogP contribution is -2.43. The van der Waals surface area contributed by atoms with Crippen LogP contribution in [0.1, 0.15) is 25.5 Å². The molecule has 3 rings (SSSR count). The van der Waals surface area contributed by atoms with Gasteiger partial charge in [0.25, 0.3) is 0 Å². The monoisotopic (exact) mass is 286 g/mol. The zero-order valence-corrected chi connectivity index (χ0v) is 12.7. The van der Waals surface area contributed by atoms with Crippen LogP contribution in [0.5, 0.6) is 0 Å². The topological polar surface area (TPSA) is 50.2 Å². The molecule has 1 aliphatic rings. The molecule has 0 radical (unpaired) electrons. The normalized spacial score (nSPS) is 16.6. The molecule has 2 aromatic rings. The predicted octanol–water partition coefficient (Wildman–Crippen LogP) is 1.67. The molecule has 2 heterocycles. The fourth-order valence-electron chi connectivity index (χ4n) is 2.97. The van der Waals surface area contributed by atoms with Crippen LogP contribution in [0.2, 0.25) is 0 Å². The number of para-hydroxylation sites is 1. The summed E-state index contributed by atoms with van der Waals surface area (Å²) in [6.07, 6.45) is 2.26. The van der Waals surface area contributed by atoms with Crippen molar-refractivity contribution in [1.82, 2.24) is 20.0 Å². The summed E-state index contributed by atoms with van der Waals surface area (Å²) >= 11 is 0. The van der Waals surface area contributed by atoms with Crippen LogP contribution in [0.3, 0.4) is 0 Å². The zero-order valence-electron chi connectivity index (χ0n) is 12.7. The number of aromatic nitrogens is 2. The van der Waals surface area contributed by atoms with Gasteiger partial charge < -0.3 is 10.2 Å². The molecule has 1 aliphatic heterocycles. The molecule has 0 saturated carbocycles. The fraction of sp³-hybridized carbons (Fsp3) is 0.500. The highest BCUT2D eigenvalue weighted by Gasteiger charge is 2.23. The minimum Gasteiger partial charge on any atom is -0.341 e. The van der Waals surface area contributed by atoms with Gasteiger partial charge in [0.2, 0.25) is 5.91 Å². The summed E-state index contributed by atoms with van der Waals surface area (Å²) < 4.78 is 1.89. The lowest BCUT2D eigenvalue weighted by atomic mass is 10.2. The highest BCUT2D eigenvalue weighted by atomic mass is 16.2. The molecule has 1 fully saturated rings. The molecule has 1 saturated heterocycles. The Morgan fingerprint density at radius 2 is 2.05 bits per heavy atom. The molecule has 0 bridgehead atoms. The van der Waals surface area contributed by atoms with Crippen LogP contribution in [-0.4, -0.2) is 39.7 Å². The number of hydrogen-bond donors (Lipinski definition) is 1. The maximum absolute atomic E-state index is 12.3. The highest BCUT2D eigenvalue weighted by molar-refractivity contribution is 5.83. The average molecular weight is 286 g/mol. The number of fused-ring (bicyclic) bond motifs is 1. The summed E-state index contributed by atoms with van der Waals surface area (Å²) in [5.74, 6) is 0.202. The summed E-state index contributed by atoms with van der Waals surface area (Å²) in [5.41, 5.74) is 2.11. The number of amides is 1. The van der Waals surface area contributed by atoms with Crippen molar-refractivity contribution in [3.8, 4) is 0 Å². The van der Waals surface area contributed by atoms with Crippen LogP contribution in [0.4, 0.5) is 0 Å². The van der Waals surface area contributed by atoms with Crippen molar-refractivity contribution in [1.29, 1.82) is 0 Å². The van der Waals surface area contributed by atoms with Gasteiger partial charge in [-0.25, -0.2) is 0 Å². The number of hydrogen-bond acceptors (Lipinski definition) is 3. The second-order valence-corrected chi connectivity index (χ2v) is 5.72. The molecule has 0 spiro atoms. The van der Waals surface area contributed by atoms with E-state index in [4.69, 9.17) is 0 Å². The molecule has 1 aromatic carbocycles. The van der Waals surface area contributed by atoms with Crippen LogP contribution in [-0.2, 0) is 18.4 Å². The summed E-state index contributed by atoms with van der Waals surface area (Å²) in [6.45, 7) is 4.35. The maximum atomic E-state index is 12.3. The summed E-state index contributed by atoms with van der Waals surface area (Å²) in [4.78, 5) is 14.2. The van der Waals surface area contributed by atoms with Crippen LogP contribution in [0, 0.1) is 0 Å². The number of rotatable bonds is 4. The van der Waals surface area contributed by atoms with Crippen molar-refractivity contribution in [3.05, 3.63) is 30.0 Å². The van der Waals surface area contributed by atoms with E-state index in [9.17, 15) is 4.79 Å². The first-order valence-electron chi connectivity index (χ1n) is 7.59. The molecule has 1 unspecified atom stereocenters. The van der Waals surface area contributed by atoms with Crippen molar-refractivity contribution in [2.24, 2.45) is 7.05 Å². The second kappa shape index (κ2) is 5.85. The van der Waals surface area contributed by atoms with Gasteiger partial charge in [0.15, 0.2) is 0 Å². The molecule has 1 amide bonds. The number of benzene rings is 1. The van der Waals surface area contributed by atoms with Crippen molar-refractivity contribution in [2.75, 3.05) is 13.1 Å². The number of aryl methyl sites for hydroxylation is 1. The van der Waals surface area contributed by atoms with Gasteiger partial charge in [0.1, 0.15) is 0 Å². The van der Waals surface area contributed by atoms with Crippen LogP contribution >= 0.6 is 0 Å². The molecule has 1 atom stereocenters. The Morgan fingerprint density at radius 3 is 2.81 bits per heavy atom. The van der Waals surface area contributed by atoms with Gasteiger partial charge in [-0.05, 0) is 25.8 Å². The summed E-state index contributed by atoms with van der Waals surface area (Å²) in [5, 5.41) is 9.01. The first-order chi connectivity index (χ1) is 10.2. The van der Waals surface area contributed by atoms with Gasteiger partial charge in [0.05, 0.1) is 17.3 Å². The number of carbonyl (C=O) groups is 1. The van der Waals surface area contributed by atoms with Gasteiger partial charge >= 0.3 is 0 Å². The summed E-state index contributed by atoms with van der Waals surface area (Å²) in [6, 6.07) is 8.01. The van der Waals surface area contributed by atoms with E-state index in [0.717, 1.165) is 42.5 Å². The van der Waals surface area contributed by atoms with E-state index in [1.807, 2.05) is 35.7 Å². The standard InChI is InChI=1S/C16H22N4O/c1-12(16(21)20-9-5-6-10-20)17-11-14-13-7-3-4-8-15(13)19(2)18-14/h3-4,7-8,12,17H,5-6,9-11H2,1-2H3. The molecule has 1 aromatic heterocycles. The van der Waals surface area contributed by atoms with Crippen molar-refractivity contribution >= 4 is 16.8 Å². The number of carbonyl (C=O) groups excluding carboxylic acids is 1. The molecule has 5 nitrogen and oxygen atoms in total. The zero-order chi connectivity index (χ0) is 14.8. The van der Waals surface area contributed by atoms with Gasteiger partial charge in [-0.15, -0.1) is 0 Å². The molecular weight excluding hydrogens is 264 g/mol. The van der Waals surface area contributed by atoms with E-state index in [2.05, 4.69) is 22.5 Å². The van der Waals surface area contributed by atoms with Crippen molar-refractivity contribution in [3.63, 3.8) is 0 Å². The number of nitrogens with zero attached hydrogens (tertiary/aromatic N) is 3. The minimum absolute atomic E-state index is 0.163. The second-order valence-electron chi connectivity index (χ2n) is 5.72. The third-order valence-electron chi connectivity index (χ3n) is 4.20. The summed E-state index contributed by atoms with van der Waals surface area (Å²) in [7, 11) is 1.95. The number of likely N-dealkylation sites (tertiary alicyclic amines) is 1. The van der Waals surface area contributed by atoms with E-state index < -0.39 is 0 Å². The van der Waals surface area contributed by atoms with Crippen LogP contribution < -0.4 is 5.32 Å². The molecule has 0 aliphatic carbocycles. The Balaban J connectivity index is 1.67. The molecule has 21 heavy (non-hydrogen) atoms. The smallest absolute Gasteiger partial charge is 0.239 e. The quantitative estimate of drug-likeness (QED) is 0.930. The predicted molar refractivity (Wildman–Crippen MR) is 82.8 cm³/mol. The third kappa shape index (κ3) is 2.78. The lowest BCUT2D eigenvalue weighted by Gasteiger charge is -2.20. The van der Waals surface area contributed by atoms with Gasteiger partial charge in [-0.3, -0.25) is 9.48 Å². The average Bonchev–Trinajstić information content (AvgIpc) is 3.13. The van der Waals surface area contributed by atoms with E-state index in [1.54, 1.807) is 0 Å². The Labute approximate surface area is 124 Å². The Morgan fingerprint density at radius 1 is 1.33 bits per heavy atom. The van der Waals surface area contributed by atoms with E-state index in [-0.39, 0.29) is 11.9 Å². The van der Waals surface area contributed by atoms with Crippen molar-refractivity contribution in [2.45, 2.75) is 32.4 Å². The Hall–Kier alpha value is -1.88. The van der Waals surface area contributed by atoms with E-state index >= 15 is 0 Å². The molecular formula is C16H22N4O. The van der Waals surface area contributed by atoms with Gasteiger partial charge in [0, 0.05) is 32.1 Å². The molecule has 1 N–H and O–H groups in total. The van der Waals surface area contributed by atoms with Crippen LogP contribution in [0.15, 0.2) is 24.3 Å². The van der Waals surface area contributed by atoms with E-state index in [1.165, 1.54) is 0 Å².